The van der Waals surface area contributed by atoms with E-state index in [-0.39, 0.29) is 0 Å². The molecule has 0 amide bonds. The van der Waals surface area contributed by atoms with Gasteiger partial charge in [0.25, 0.3) is 0 Å². The van der Waals surface area contributed by atoms with Crippen LogP contribution in [0.25, 0.3) is 6.08 Å². The average Bonchev–Trinajstić information content (AvgIpc) is 2.03. The van der Waals surface area contributed by atoms with Crippen LogP contribution in [0.1, 0.15) is 12.5 Å². The molecule has 0 nitrogen and oxygen atoms in total. The third kappa shape index (κ3) is 2.85. The third-order valence-corrected chi connectivity index (χ3v) is 1.36. The highest BCUT2D eigenvalue weighted by molar-refractivity contribution is 5.51. The molecule has 0 aliphatic heterocycles. The van der Waals surface area contributed by atoms with Crippen LogP contribution in [-0.2, 0) is 0 Å². The SMILES string of the molecule is C=C(C)/C=C\c1ccccc1. The van der Waals surface area contributed by atoms with Crippen molar-refractivity contribution in [1.82, 2.24) is 0 Å². The highest BCUT2D eigenvalue weighted by atomic mass is 13.9. The van der Waals surface area contributed by atoms with Crippen LogP contribution in [0, 0.1) is 0 Å². The van der Waals surface area contributed by atoms with E-state index in [1.807, 2.05) is 31.2 Å². The zero-order valence-corrected chi connectivity index (χ0v) is 6.75. The Hall–Kier alpha value is -1.30. The minimum Gasteiger partial charge on any atom is -0.0961 e. The zero-order chi connectivity index (χ0) is 8.10. The Labute approximate surface area is 67.9 Å². The fourth-order valence-corrected chi connectivity index (χ4v) is 0.803. The number of hydrogen-bond acceptors (Lipinski definition) is 0. The molecule has 0 aliphatic carbocycles. The summed E-state index contributed by atoms with van der Waals surface area (Å²) in [6.07, 6.45) is 4.07. The summed E-state index contributed by atoms with van der Waals surface area (Å²) in [6.45, 7) is 5.77. The van der Waals surface area contributed by atoms with Gasteiger partial charge in [-0.3, -0.25) is 0 Å². The molecule has 0 saturated heterocycles. The summed E-state index contributed by atoms with van der Waals surface area (Å²) in [5.74, 6) is 0. The molecule has 0 unspecified atom stereocenters. The molecule has 1 aromatic rings. The molecule has 1 aromatic carbocycles. The maximum absolute atomic E-state index is 3.78. The van der Waals surface area contributed by atoms with E-state index in [9.17, 15) is 0 Å². The van der Waals surface area contributed by atoms with Gasteiger partial charge in [-0.2, -0.15) is 0 Å². The van der Waals surface area contributed by atoms with E-state index in [2.05, 4.69) is 24.8 Å². The molecule has 1 rings (SSSR count). The molecule has 0 radical (unpaired) electrons. The van der Waals surface area contributed by atoms with Crippen molar-refractivity contribution in [1.29, 1.82) is 0 Å². The first-order valence-corrected chi connectivity index (χ1v) is 3.67. The van der Waals surface area contributed by atoms with E-state index in [0.717, 1.165) is 5.57 Å². The van der Waals surface area contributed by atoms with Gasteiger partial charge >= 0.3 is 0 Å². The van der Waals surface area contributed by atoms with Gasteiger partial charge in [-0.25, -0.2) is 0 Å². The Bertz CT molecular complexity index is 255. The van der Waals surface area contributed by atoms with Gasteiger partial charge < -0.3 is 0 Å². The summed E-state index contributed by atoms with van der Waals surface area (Å²) in [6, 6.07) is 10.2. The van der Waals surface area contributed by atoms with Crippen LogP contribution in [0.4, 0.5) is 0 Å². The Morgan fingerprint density at radius 1 is 1.27 bits per heavy atom. The Balaban J connectivity index is 2.72. The number of benzene rings is 1. The minimum atomic E-state index is 1.08. The third-order valence-electron chi connectivity index (χ3n) is 1.36. The summed E-state index contributed by atoms with van der Waals surface area (Å²) in [7, 11) is 0. The molecular formula is C11H12. The molecule has 0 heterocycles. The van der Waals surface area contributed by atoms with Crippen LogP contribution in [0.5, 0.6) is 0 Å². The van der Waals surface area contributed by atoms with Crippen molar-refractivity contribution >= 4 is 6.08 Å². The normalized spacial score (nSPS) is 10.3. The van der Waals surface area contributed by atoms with Crippen molar-refractivity contribution in [3.05, 3.63) is 54.1 Å². The van der Waals surface area contributed by atoms with E-state index in [1.165, 1.54) is 5.56 Å². The zero-order valence-electron chi connectivity index (χ0n) is 6.75. The lowest BCUT2D eigenvalue weighted by Gasteiger charge is -1.90. The van der Waals surface area contributed by atoms with E-state index in [0.29, 0.717) is 0 Å². The standard InChI is InChI=1S/C11H12/c1-10(2)8-9-11-6-4-3-5-7-11/h3-9H,1H2,2H3/b9-8-. The van der Waals surface area contributed by atoms with Crippen LogP contribution in [0.3, 0.4) is 0 Å². The second kappa shape index (κ2) is 3.77. The predicted octanol–water partition coefficient (Wildman–Crippen LogP) is 3.28. The maximum atomic E-state index is 3.78. The van der Waals surface area contributed by atoms with E-state index in [4.69, 9.17) is 0 Å². The predicted molar refractivity (Wildman–Crippen MR) is 50.3 cm³/mol. The molecule has 0 spiro atoms. The van der Waals surface area contributed by atoms with Crippen molar-refractivity contribution in [2.24, 2.45) is 0 Å². The van der Waals surface area contributed by atoms with Crippen molar-refractivity contribution in [3.8, 4) is 0 Å². The van der Waals surface area contributed by atoms with E-state index >= 15 is 0 Å². The fourth-order valence-electron chi connectivity index (χ4n) is 0.803. The lowest BCUT2D eigenvalue weighted by Crippen LogP contribution is -1.68. The van der Waals surface area contributed by atoms with Crippen LogP contribution in [0.2, 0.25) is 0 Å². The van der Waals surface area contributed by atoms with E-state index < -0.39 is 0 Å². The lowest BCUT2D eigenvalue weighted by molar-refractivity contribution is 1.57. The Morgan fingerprint density at radius 3 is 2.45 bits per heavy atom. The number of allylic oxidation sites excluding steroid dienone is 2. The number of hydrogen-bond donors (Lipinski definition) is 0. The summed E-state index contributed by atoms with van der Waals surface area (Å²) in [4.78, 5) is 0. The van der Waals surface area contributed by atoms with Gasteiger partial charge in [0.2, 0.25) is 0 Å². The first kappa shape index (κ1) is 7.80. The van der Waals surface area contributed by atoms with E-state index in [1.54, 1.807) is 0 Å². The second-order valence-electron chi connectivity index (χ2n) is 2.59. The molecule has 0 atom stereocenters. The van der Waals surface area contributed by atoms with Crippen molar-refractivity contribution < 1.29 is 0 Å². The Morgan fingerprint density at radius 2 is 1.91 bits per heavy atom. The molecule has 56 valence electrons. The van der Waals surface area contributed by atoms with Crippen molar-refractivity contribution in [2.75, 3.05) is 0 Å². The number of rotatable bonds is 2. The highest BCUT2D eigenvalue weighted by Gasteiger charge is 1.80. The highest BCUT2D eigenvalue weighted by Crippen LogP contribution is 2.02. The van der Waals surface area contributed by atoms with Crippen molar-refractivity contribution in [3.63, 3.8) is 0 Å². The smallest absolute Gasteiger partial charge is 0.0257 e. The molecule has 0 fully saturated rings. The van der Waals surface area contributed by atoms with Crippen LogP contribution < -0.4 is 0 Å². The first-order chi connectivity index (χ1) is 5.29. The van der Waals surface area contributed by atoms with Gasteiger partial charge in [0, 0.05) is 0 Å². The Kier molecular flexibility index (Phi) is 2.67. The largest absolute Gasteiger partial charge is 0.0961 e. The molecule has 0 heteroatoms. The van der Waals surface area contributed by atoms with Gasteiger partial charge in [0.05, 0.1) is 0 Å². The van der Waals surface area contributed by atoms with Gasteiger partial charge in [-0.1, -0.05) is 54.6 Å². The topological polar surface area (TPSA) is 0 Å². The quantitative estimate of drug-likeness (QED) is 0.559. The molecule has 0 saturated carbocycles. The molecule has 0 aliphatic rings. The van der Waals surface area contributed by atoms with Gasteiger partial charge in [0.1, 0.15) is 0 Å². The van der Waals surface area contributed by atoms with Gasteiger partial charge in [0.15, 0.2) is 0 Å². The van der Waals surface area contributed by atoms with Gasteiger partial charge in [-0.15, -0.1) is 0 Å². The molecule has 0 aromatic heterocycles. The molecule has 0 N–H and O–H groups in total. The van der Waals surface area contributed by atoms with Crippen LogP contribution in [0.15, 0.2) is 48.6 Å². The van der Waals surface area contributed by atoms with Crippen LogP contribution >= 0.6 is 0 Å². The summed E-state index contributed by atoms with van der Waals surface area (Å²) in [5.41, 5.74) is 2.30. The van der Waals surface area contributed by atoms with Crippen LogP contribution in [-0.4, -0.2) is 0 Å². The summed E-state index contributed by atoms with van der Waals surface area (Å²) >= 11 is 0. The lowest BCUT2D eigenvalue weighted by atomic mass is 10.2. The molecular weight excluding hydrogens is 132 g/mol. The maximum Gasteiger partial charge on any atom is -0.0257 e. The fraction of sp³-hybridized carbons (Fsp3) is 0.0909. The summed E-state index contributed by atoms with van der Waals surface area (Å²) in [5, 5.41) is 0. The van der Waals surface area contributed by atoms with Crippen molar-refractivity contribution in [2.45, 2.75) is 6.92 Å². The molecule has 11 heavy (non-hydrogen) atoms. The molecule has 0 bridgehead atoms. The monoisotopic (exact) mass is 144 g/mol. The second-order valence-corrected chi connectivity index (χ2v) is 2.59. The summed E-state index contributed by atoms with van der Waals surface area (Å²) < 4.78 is 0. The first-order valence-electron chi connectivity index (χ1n) is 3.67. The minimum absolute atomic E-state index is 1.08. The van der Waals surface area contributed by atoms with Gasteiger partial charge in [-0.05, 0) is 12.5 Å². The average molecular weight is 144 g/mol.